The van der Waals surface area contributed by atoms with E-state index >= 15 is 0 Å². The lowest BCUT2D eigenvalue weighted by Gasteiger charge is -2.52. The summed E-state index contributed by atoms with van der Waals surface area (Å²) >= 11 is 0. The summed E-state index contributed by atoms with van der Waals surface area (Å²) in [4.78, 5) is 15.7. The van der Waals surface area contributed by atoms with Crippen molar-refractivity contribution in [2.24, 2.45) is 0 Å². The quantitative estimate of drug-likeness (QED) is 0.840. The summed E-state index contributed by atoms with van der Waals surface area (Å²) in [6.45, 7) is 12.2. The van der Waals surface area contributed by atoms with Crippen molar-refractivity contribution < 1.29 is 0 Å². The first-order chi connectivity index (χ1) is 9.87. The number of anilines is 2. The molecule has 0 bridgehead atoms. The van der Waals surface area contributed by atoms with Gasteiger partial charge in [0.15, 0.2) is 0 Å². The highest BCUT2D eigenvalue weighted by molar-refractivity contribution is 5.42. The van der Waals surface area contributed by atoms with E-state index in [0.29, 0.717) is 5.95 Å². The average Bonchev–Trinajstić information content (AvgIpc) is 2.37. The van der Waals surface area contributed by atoms with Gasteiger partial charge in [0.25, 0.3) is 0 Å². The predicted octanol–water partition coefficient (Wildman–Crippen LogP) is 3.63. The number of aromatic nitrogens is 3. The van der Waals surface area contributed by atoms with E-state index in [-0.39, 0.29) is 11.1 Å². The zero-order valence-electron chi connectivity index (χ0n) is 14.1. The molecule has 1 saturated heterocycles. The van der Waals surface area contributed by atoms with Gasteiger partial charge >= 0.3 is 0 Å². The Hall–Kier alpha value is -1.39. The van der Waals surface area contributed by atoms with Crippen LogP contribution in [-0.2, 0) is 0 Å². The highest BCUT2D eigenvalue weighted by Crippen LogP contribution is 2.40. The topological polar surface area (TPSA) is 53.9 Å². The molecule has 21 heavy (non-hydrogen) atoms. The number of nitrogens with one attached hydrogen (secondary N) is 1. The first-order valence-electron chi connectivity index (χ1n) is 8.10. The van der Waals surface area contributed by atoms with Crippen molar-refractivity contribution >= 4 is 11.9 Å². The molecule has 5 heteroatoms. The lowest BCUT2D eigenvalue weighted by atomic mass is 9.80. The summed E-state index contributed by atoms with van der Waals surface area (Å²) in [6, 6.07) is 0. The van der Waals surface area contributed by atoms with Crippen LogP contribution in [0.5, 0.6) is 0 Å². The van der Waals surface area contributed by atoms with Crippen LogP contribution in [0.4, 0.5) is 11.9 Å². The minimum absolute atomic E-state index is 0.0732. The number of nitrogens with zero attached hydrogens (tertiary/aromatic N) is 4. The summed E-state index contributed by atoms with van der Waals surface area (Å²) in [5, 5.41) is 3.29. The smallest absolute Gasteiger partial charge is 0.231 e. The zero-order chi connectivity index (χ0) is 15.5. The largest absolute Gasteiger partial charge is 0.354 e. The Balaban J connectivity index is 2.24. The van der Waals surface area contributed by atoms with Gasteiger partial charge in [-0.1, -0.05) is 13.3 Å². The summed E-state index contributed by atoms with van der Waals surface area (Å²) in [6.07, 6.45) is 7.50. The molecule has 0 spiro atoms. The molecule has 0 saturated carbocycles. The van der Waals surface area contributed by atoms with Crippen LogP contribution in [0.3, 0.4) is 0 Å². The lowest BCUT2D eigenvalue weighted by Crippen LogP contribution is -2.59. The molecular weight excluding hydrogens is 262 g/mol. The number of hydrogen-bond donors (Lipinski definition) is 1. The van der Waals surface area contributed by atoms with E-state index in [2.05, 4.69) is 59.8 Å². The summed E-state index contributed by atoms with van der Waals surface area (Å²) < 4.78 is 0. The molecule has 0 aromatic carbocycles. The Morgan fingerprint density at radius 1 is 1.14 bits per heavy atom. The van der Waals surface area contributed by atoms with Crippen LogP contribution in [0.15, 0.2) is 6.33 Å². The third-order valence-electron chi connectivity index (χ3n) is 4.36. The Bertz CT molecular complexity index is 453. The molecule has 1 fully saturated rings. The Morgan fingerprint density at radius 3 is 2.43 bits per heavy atom. The fourth-order valence-corrected chi connectivity index (χ4v) is 3.40. The number of hydrogen-bond acceptors (Lipinski definition) is 5. The molecule has 2 rings (SSSR count). The van der Waals surface area contributed by atoms with Gasteiger partial charge in [0.05, 0.1) is 0 Å². The van der Waals surface area contributed by atoms with Crippen LogP contribution in [0, 0.1) is 0 Å². The van der Waals surface area contributed by atoms with Gasteiger partial charge in [-0.25, -0.2) is 9.97 Å². The van der Waals surface area contributed by atoms with Gasteiger partial charge in [-0.2, -0.15) is 4.98 Å². The molecule has 1 aliphatic rings. The molecule has 0 aliphatic carbocycles. The molecule has 1 aliphatic heterocycles. The Kier molecular flexibility index (Phi) is 4.69. The molecule has 0 atom stereocenters. The van der Waals surface area contributed by atoms with E-state index in [1.807, 2.05) is 0 Å². The van der Waals surface area contributed by atoms with Gasteiger partial charge in [-0.3, -0.25) is 0 Å². The predicted molar refractivity (Wildman–Crippen MR) is 87.7 cm³/mol. The molecule has 0 radical (unpaired) electrons. The average molecular weight is 291 g/mol. The van der Waals surface area contributed by atoms with Crippen LogP contribution in [0.1, 0.15) is 66.7 Å². The van der Waals surface area contributed by atoms with E-state index in [1.54, 1.807) is 6.33 Å². The molecule has 1 N–H and O–H groups in total. The van der Waals surface area contributed by atoms with Crippen LogP contribution in [0.2, 0.25) is 0 Å². The van der Waals surface area contributed by atoms with E-state index in [9.17, 15) is 0 Å². The maximum atomic E-state index is 4.65. The zero-order valence-corrected chi connectivity index (χ0v) is 14.1. The summed E-state index contributed by atoms with van der Waals surface area (Å²) in [5.41, 5.74) is 0.146. The van der Waals surface area contributed by atoms with Crippen LogP contribution in [0.25, 0.3) is 0 Å². The van der Waals surface area contributed by atoms with E-state index in [0.717, 1.165) is 25.3 Å². The summed E-state index contributed by atoms with van der Waals surface area (Å²) in [7, 11) is 0. The SMILES string of the molecule is CCCCNc1ncnc(N2C(C)(C)CCCC2(C)C)n1. The minimum Gasteiger partial charge on any atom is -0.354 e. The van der Waals surface area contributed by atoms with Gasteiger partial charge in [0.2, 0.25) is 11.9 Å². The van der Waals surface area contributed by atoms with Crippen molar-refractivity contribution in [3.05, 3.63) is 6.33 Å². The van der Waals surface area contributed by atoms with E-state index in [1.165, 1.54) is 19.3 Å². The van der Waals surface area contributed by atoms with Crippen molar-refractivity contribution in [1.29, 1.82) is 0 Å². The maximum Gasteiger partial charge on any atom is 0.231 e. The van der Waals surface area contributed by atoms with Crippen molar-refractivity contribution in [2.45, 2.75) is 77.8 Å². The number of unbranched alkanes of at least 4 members (excludes halogenated alkanes) is 1. The van der Waals surface area contributed by atoms with Crippen molar-refractivity contribution in [3.63, 3.8) is 0 Å². The van der Waals surface area contributed by atoms with E-state index < -0.39 is 0 Å². The van der Waals surface area contributed by atoms with Crippen LogP contribution >= 0.6 is 0 Å². The van der Waals surface area contributed by atoms with Gasteiger partial charge in [0, 0.05) is 17.6 Å². The van der Waals surface area contributed by atoms with Crippen molar-refractivity contribution in [3.8, 4) is 0 Å². The highest BCUT2D eigenvalue weighted by atomic mass is 15.4. The summed E-state index contributed by atoms with van der Waals surface area (Å²) in [5.74, 6) is 1.48. The van der Waals surface area contributed by atoms with Crippen molar-refractivity contribution in [2.75, 3.05) is 16.8 Å². The number of piperidine rings is 1. The molecule has 1 aromatic heterocycles. The van der Waals surface area contributed by atoms with Gasteiger partial charge in [-0.15, -0.1) is 0 Å². The molecule has 5 nitrogen and oxygen atoms in total. The third-order valence-corrected chi connectivity index (χ3v) is 4.36. The molecular formula is C16H29N5. The van der Waals surface area contributed by atoms with Gasteiger partial charge in [0.1, 0.15) is 6.33 Å². The second-order valence-electron chi connectivity index (χ2n) is 7.20. The fourth-order valence-electron chi connectivity index (χ4n) is 3.40. The molecule has 0 unspecified atom stereocenters. The fraction of sp³-hybridized carbons (Fsp3) is 0.812. The van der Waals surface area contributed by atoms with Gasteiger partial charge < -0.3 is 10.2 Å². The van der Waals surface area contributed by atoms with Gasteiger partial charge in [-0.05, 0) is 53.4 Å². The maximum absolute atomic E-state index is 4.65. The molecule has 1 aromatic rings. The lowest BCUT2D eigenvalue weighted by molar-refractivity contribution is 0.239. The second kappa shape index (κ2) is 6.16. The van der Waals surface area contributed by atoms with E-state index in [4.69, 9.17) is 0 Å². The molecule has 118 valence electrons. The monoisotopic (exact) mass is 291 g/mol. The normalized spacial score (nSPS) is 20.3. The standard InChI is InChI=1S/C16H29N5/c1-6-7-11-17-13-18-12-19-14(20-13)21-15(2,3)9-8-10-16(21,4)5/h12H,6-11H2,1-5H3,(H,17,18,19,20). The highest BCUT2D eigenvalue weighted by Gasteiger charge is 2.42. The van der Waals surface area contributed by atoms with Crippen molar-refractivity contribution in [1.82, 2.24) is 15.0 Å². The Labute approximate surface area is 128 Å². The number of rotatable bonds is 5. The minimum atomic E-state index is 0.0732. The first-order valence-corrected chi connectivity index (χ1v) is 8.10. The Morgan fingerprint density at radius 2 is 1.81 bits per heavy atom. The molecule has 0 amide bonds. The molecule has 2 heterocycles. The van der Waals surface area contributed by atoms with Crippen LogP contribution < -0.4 is 10.2 Å². The first kappa shape index (κ1) is 16.0. The third kappa shape index (κ3) is 3.63. The van der Waals surface area contributed by atoms with Crippen LogP contribution in [-0.4, -0.2) is 32.6 Å². The second-order valence-corrected chi connectivity index (χ2v) is 7.20.